The third-order valence-corrected chi connectivity index (χ3v) is 5.15. The van der Waals surface area contributed by atoms with E-state index in [-0.39, 0.29) is 42.3 Å². The number of carbonyl (C=O) groups excluding carboxylic acids is 1. The van der Waals surface area contributed by atoms with Crippen molar-refractivity contribution in [3.63, 3.8) is 0 Å². The molecule has 1 aromatic carbocycles. The Labute approximate surface area is 162 Å². The van der Waals surface area contributed by atoms with Crippen molar-refractivity contribution in [3.05, 3.63) is 35.4 Å². The molecule has 142 valence electrons. The number of morpholine rings is 1. The number of halogens is 2. The average Bonchev–Trinajstić information content (AvgIpc) is 2.94. The van der Waals surface area contributed by atoms with Crippen molar-refractivity contribution in [1.29, 1.82) is 0 Å². The fourth-order valence-corrected chi connectivity index (χ4v) is 3.58. The summed E-state index contributed by atoms with van der Waals surface area (Å²) in [5.74, 6) is 0.102. The lowest BCUT2D eigenvalue weighted by atomic mass is 9.94. The van der Waals surface area contributed by atoms with Crippen LogP contribution in [0.3, 0.4) is 0 Å². The first kappa shape index (κ1) is 22.2. The quantitative estimate of drug-likeness (QED) is 0.799. The zero-order valence-corrected chi connectivity index (χ0v) is 16.5. The Morgan fingerprint density at radius 1 is 1.28 bits per heavy atom. The number of rotatable bonds is 5. The van der Waals surface area contributed by atoms with E-state index < -0.39 is 0 Å². The molecule has 1 unspecified atom stereocenters. The average molecular weight is 390 g/mol. The van der Waals surface area contributed by atoms with E-state index in [2.05, 4.69) is 53.9 Å². The molecule has 0 radical (unpaired) electrons. The lowest BCUT2D eigenvalue weighted by Gasteiger charge is -2.36. The van der Waals surface area contributed by atoms with Crippen molar-refractivity contribution in [1.82, 2.24) is 15.5 Å². The number of ether oxygens (including phenoxy) is 1. The van der Waals surface area contributed by atoms with Crippen LogP contribution in [-0.4, -0.2) is 62.8 Å². The first-order chi connectivity index (χ1) is 11.1. The van der Waals surface area contributed by atoms with E-state index in [0.29, 0.717) is 19.6 Å². The summed E-state index contributed by atoms with van der Waals surface area (Å²) in [5.41, 5.74) is 2.78. The minimum Gasteiger partial charge on any atom is -0.378 e. The molecule has 0 bridgehead atoms. The highest BCUT2D eigenvalue weighted by molar-refractivity contribution is 5.85. The minimum atomic E-state index is -0.0180. The minimum absolute atomic E-state index is 0. The third-order valence-electron chi connectivity index (χ3n) is 5.15. The van der Waals surface area contributed by atoms with E-state index >= 15 is 0 Å². The van der Waals surface area contributed by atoms with Crippen molar-refractivity contribution >= 4 is 30.7 Å². The van der Waals surface area contributed by atoms with Crippen LogP contribution in [0.15, 0.2) is 24.3 Å². The highest BCUT2D eigenvalue weighted by Crippen LogP contribution is 2.33. The first-order valence-electron chi connectivity index (χ1n) is 8.41. The van der Waals surface area contributed by atoms with Gasteiger partial charge in [-0.3, -0.25) is 4.79 Å². The second kappa shape index (κ2) is 9.74. The molecule has 2 aliphatic rings. The van der Waals surface area contributed by atoms with E-state index in [9.17, 15) is 4.79 Å². The predicted octanol–water partition coefficient (Wildman–Crippen LogP) is 1.42. The van der Waals surface area contributed by atoms with Crippen LogP contribution in [0.1, 0.15) is 17.5 Å². The topological polar surface area (TPSA) is 53.6 Å². The molecule has 1 aliphatic carbocycles. The second-order valence-electron chi connectivity index (χ2n) is 6.95. The molecular weight excluding hydrogens is 361 g/mol. The van der Waals surface area contributed by atoms with E-state index in [1.807, 2.05) is 0 Å². The normalized spacial score (nSPS) is 21.0. The Kier molecular flexibility index (Phi) is 8.64. The van der Waals surface area contributed by atoms with Gasteiger partial charge in [0.2, 0.25) is 5.91 Å². The van der Waals surface area contributed by atoms with Crippen molar-refractivity contribution in [2.45, 2.75) is 30.8 Å². The van der Waals surface area contributed by atoms with Gasteiger partial charge in [0.15, 0.2) is 0 Å². The number of likely N-dealkylation sites (N-methyl/N-ethyl adjacent to an activating group) is 1. The van der Waals surface area contributed by atoms with E-state index in [0.717, 1.165) is 26.0 Å². The monoisotopic (exact) mass is 389 g/mol. The molecule has 1 aromatic rings. The predicted molar refractivity (Wildman–Crippen MR) is 105 cm³/mol. The first-order valence-corrected chi connectivity index (χ1v) is 8.41. The highest BCUT2D eigenvalue weighted by atomic mass is 35.5. The molecule has 1 amide bonds. The number of fused-ring (bicyclic) bond motifs is 1. The summed E-state index contributed by atoms with van der Waals surface area (Å²) in [6, 6.07) is 8.73. The van der Waals surface area contributed by atoms with Gasteiger partial charge in [0.25, 0.3) is 0 Å². The largest absolute Gasteiger partial charge is 0.378 e. The summed E-state index contributed by atoms with van der Waals surface area (Å²) in [5, 5.41) is 6.48. The van der Waals surface area contributed by atoms with Gasteiger partial charge in [-0.25, -0.2) is 0 Å². The van der Waals surface area contributed by atoms with Crippen molar-refractivity contribution in [3.8, 4) is 0 Å². The Morgan fingerprint density at radius 3 is 2.44 bits per heavy atom. The third kappa shape index (κ3) is 5.31. The number of hydrogen-bond acceptors (Lipinski definition) is 4. The van der Waals surface area contributed by atoms with Crippen LogP contribution in [0.5, 0.6) is 0 Å². The van der Waals surface area contributed by atoms with Gasteiger partial charge in [-0.2, -0.15) is 0 Å². The molecule has 1 heterocycles. The molecule has 1 aliphatic heterocycles. The molecule has 3 rings (SSSR count). The Balaban J connectivity index is 0.00000156. The van der Waals surface area contributed by atoms with Gasteiger partial charge in [-0.1, -0.05) is 24.3 Å². The summed E-state index contributed by atoms with van der Waals surface area (Å²) in [4.78, 5) is 14.5. The summed E-state index contributed by atoms with van der Waals surface area (Å²) in [6.07, 6.45) is 2.46. The van der Waals surface area contributed by atoms with Crippen molar-refractivity contribution in [2.24, 2.45) is 0 Å². The van der Waals surface area contributed by atoms with Gasteiger partial charge in [0, 0.05) is 31.1 Å². The Bertz CT molecular complexity index is 538. The smallest absolute Gasteiger partial charge is 0.221 e. The van der Waals surface area contributed by atoms with Crippen molar-refractivity contribution in [2.75, 3.05) is 40.4 Å². The molecule has 1 atom stereocenters. The number of amides is 1. The maximum atomic E-state index is 12.3. The van der Waals surface area contributed by atoms with Crippen LogP contribution >= 0.6 is 24.8 Å². The maximum Gasteiger partial charge on any atom is 0.221 e. The molecule has 5 nitrogen and oxygen atoms in total. The molecule has 0 spiro atoms. The Hall–Kier alpha value is -0.850. The number of nitrogens with zero attached hydrogens (tertiary/aromatic N) is 1. The van der Waals surface area contributed by atoms with Crippen LogP contribution in [0.2, 0.25) is 0 Å². The van der Waals surface area contributed by atoms with E-state index in [1.54, 1.807) is 0 Å². The van der Waals surface area contributed by atoms with Crippen LogP contribution < -0.4 is 10.6 Å². The lowest BCUT2D eigenvalue weighted by molar-refractivity contribution is -0.122. The van der Waals surface area contributed by atoms with Gasteiger partial charge in [-0.05, 0) is 38.1 Å². The molecule has 0 aromatic heterocycles. The Morgan fingerprint density at radius 2 is 1.92 bits per heavy atom. The van der Waals surface area contributed by atoms with Gasteiger partial charge in [-0.15, -0.1) is 24.8 Å². The van der Waals surface area contributed by atoms with E-state index in [4.69, 9.17) is 4.74 Å². The van der Waals surface area contributed by atoms with Gasteiger partial charge in [0.05, 0.1) is 13.2 Å². The molecular formula is C18H29Cl2N3O2. The fraction of sp³-hybridized carbons (Fsp3) is 0.611. The summed E-state index contributed by atoms with van der Waals surface area (Å²) in [7, 11) is 4.21. The number of benzene rings is 1. The zero-order chi connectivity index (χ0) is 16.3. The SMILES string of the molecule is CN(C)C1(CNC(=O)CC2COCCN2)Cc2ccccc2C1.Cl.Cl. The molecule has 7 heteroatoms. The molecule has 0 saturated carbocycles. The molecule has 1 fully saturated rings. The summed E-state index contributed by atoms with van der Waals surface area (Å²) >= 11 is 0. The zero-order valence-electron chi connectivity index (χ0n) is 14.9. The standard InChI is InChI=1S/C18H27N3O2.2ClH/c1-21(2)18(10-14-5-3-4-6-15(14)11-18)13-20-17(22)9-16-12-23-8-7-19-16;;/h3-6,16,19H,7-13H2,1-2H3,(H,20,22);2*1H. The molecule has 25 heavy (non-hydrogen) atoms. The summed E-state index contributed by atoms with van der Waals surface area (Å²) in [6.45, 7) is 2.87. The maximum absolute atomic E-state index is 12.3. The van der Waals surface area contributed by atoms with E-state index in [1.165, 1.54) is 11.1 Å². The highest BCUT2D eigenvalue weighted by Gasteiger charge is 2.39. The lowest BCUT2D eigenvalue weighted by Crippen LogP contribution is -2.54. The molecule has 1 saturated heterocycles. The number of hydrogen-bond donors (Lipinski definition) is 2. The second-order valence-corrected chi connectivity index (χ2v) is 6.95. The van der Waals surface area contributed by atoms with Crippen LogP contribution in [0.25, 0.3) is 0 Å². The fourth-order valence-electron chi connectivity index (χ4n) is 3.58. The summed E-state index contributed by atoms with van der Waals surface area (Å²) < 4.78 is 5.41. The van der Waals surface area contributed by atoms with Gasteiger partial charge < -0.3 is 20.3 Å². The number of carbonyl (C=O) groups is 1. The van der Waals surface area contributed by atoms with Crippen LogP contribution in [0.4, 0.5) is 0 Å². The van der Waals surface area contributed by atoms with Gasteiger partial charge >= 0.3 is 0 Å². The van der Waals surface area contributed by atoms with Crippen LogP contribution in [0, 0.1) is 0 Å². The molecule has 2 N–H and O–H groups in total. The van der Waals surface area contributed by atoms with Crippen LogP contribution in [-0.2, 0) is 22.4 Å². The van der Waals surface area contributed by atoms with Gasteiger partial charge in [0.1, 0.15) is 0 Å². The van der Waals surface area contributed by atoms with Crippen molar-refractivity contribution < 1.29 is 9.53 Å². The number of nitrogens with one attached hydrogen (secondary N) is 2.